The molecule has 1 aliphatic carbocycles. The number of hydrogen-bond donors (Lipinski definition) is 1. The summed E-state index contributed by atoms with van der Waals surface area (Å²) in [6.07, 6.45) is 2.23. The second-order valence-electron chi connectivity index (χ2n) is 5.12. The van der Waals surface area contributed by atoms with E-state index in [1.54, 1.807) is 13.2 Å². The van der Waals surface area contributed by atoms with Gasteiger partial charge in [0, 0.05) is 18.4 Å². The van der Waals surface area contributed by atoms with Crippen LogP contribution in [-0.4, -0.2) is 23.9 Å². The minimum atomic E-state index is -0.0769. The van der Waals surface area contributed by atoms with Crippen molar-refractivity contribution in [3.63, 3.8) is 0 Å². The van der Waals surface area contributed by atoms with Crippen molar-refractivity contribution in [1.29, 1.82) is 0 Å². The van der Waals surface area contributed by atoms with E-state index in [4.69, 9.17) is 19.7 Å². The van der Waals surface area contributed by atoms with Gasteiger partial charge in [0.15, 0.2) is 0 Å². The van der Waals surface area contributed by atoms with Gasteiger partial charge in [-0.1, -0.05) is 5.16 Å². The molecule has 1 heterocycles. The van der Waals surface area contributed by atoms with E-state index in [1.165, 1.54) is 0 Å². The molecule has 3 rings (SSSR count). The smallest absolute Gasteiger partial charge is 0.260 e. The Balaban J connectivity index is 1.87. The van der Waals surface area contributed by atoms with Crippen LogP contribution < -0.4 is 10.5 Å². The number of nitrogens with two attached hydrogens (primary N) is 1. The predicted molar refractivity (Wildman–Crippen MR) is 77.8 cm³/mol. The van der Waals surface area contributed by atoms with Crippen LogP contribution in [-0.2, 0) is 4.74 Å². The molecule has 1 aliphatic rings. The number of hydrogen-bond acceptors (Lipinski definition) is 6. The molecule has 0 radical (unpaired) electrons. The molecule has 1 fully saturated rings. The second kappa shape index (κ2) is 5.73. The lowest BCUT2D eigenvalue weighted by Gasteiger charge is -2.11. The third-order valence-corrected chi connectivity index (χ3v) is 3.58. The first-order chi connectivity index (χ1) is 10.2. The van der Waals surface area contributed by atoms with E-state index in [2.05, 4.69) is 10.1 Å². The van der Waals surface area contributed by atoms with E-state index < -0.39 is 0 Å². The normalized spacial score (nSPS) is 15.9. The molecule has 0 saturated heterocycles. The summed E-state index contributed by atoms with van der Waals surface area (Å²) in [7, 11) is 1.60. The number of ether oxygens (including phenoxy) is 2. The van der Waals surface area contributed by atoms with Crippen LogP contribution in [0.3, 0.4) is 0 Å². The molecule has 0 spiro atoms. The molecule has 1 saturated carbocycles. The molecule has 6 nitrogen and oxygen atoms in total. The lowest BCUT2D eigenvalue weighted by atomic mass is 10.1. The summed E-state index contributed by atoms with van der Waals surface area (Å²) < 4.78 is 16.2. The van der Waals surface area contributed by atoms with Gasteiger partial charge in [-0.25, -0.2) is 0 Å². The number of nitrogens with zero attached hydrogens (tertiary/aromatic N) is 2. The molecule has 1 unspecified atom stereocenters. The molecular weight excluding hydrogens is 270 g/mol. The van der Waals surface area contributed by atoms with Crippen LogP contribution >= 0.6 is 0 Å². The number of aromatic nitrogens is 2. The number of nitrogen functional groups attached to an aromatic ring is 1. The van der Waals surface area contributed by atoms with Gasteiger partial charge < -0.3 is 19.7 Å². The highest BCUT2D eigenvalue weighted by atomic mass is 16.5. The SMILES string of the molecule is CCOC(c1noc(-c2ccc(OC)cc2N)n1)C1CC1. The summed E-state index contributed by atoms with van der Waals surface area (Å²) in [6.45, 7) is 2.60. The zero-order valence-electron chi connectivity index (χ0n) is 12.2. The minimum absolute atomic E-state index is 0.0769. The molecule has 6 heteroatoms. The van der Waals surface area contributed by atoms with Gasteiger partial charge in [0.2, 0.25) is 5.82 Å². The Hall–Kier alpha value is -2.08. The summed E-state index contributed by atoms with van der Waals surface area (Å²) in [6, 6.07) is 5.37. The monoisotopic (exact) mass is 289 g/mol. The number of rotatable bonds is 6. The van der Waals surface area contributed by atoms with Gasteiger partial charge in [0.1, 0.15) is 11.9 Å². The molecule has 1 aromatic carbocycles. The van der Waals surface area contributed by atoms with Crippen LogP contribution in [0, 0.1) is 5.92 Å². The van der Waals surface area contributed by atoms with E-state index in [0.29, 0.717) is 41.2 Å². The third-order valence-electron chi connectivity index (χ3n) is 3.58. The van der Waals surface area contributed by atoms with Gasteiger partial charge in [0.25, 0.3) is 5.89 Å². The first-order valence-electron chi connectivity index (χ1n) is 7.12. The number of benzene rings is 1. The van der Waals surface area contributed by atoms with Crippen molar-refractivity contribution in [1.82, 2.24) is 10.1 Å². The fraction of sp³-hybridized carbons (Fsp3) is 0.467. The van der Waals surface area contributed by atoms with Gasteiger partial charge >= 0.3 is 0 Å². The van der Waals surface area contributed by atoms with Crippen molar-refractivity contribution in [2.75, 3.05) is 19.5 Å². The topological polar surface area (TPSA) is 83.4 Å². The third kappa shape index (κ3) is 2.85. The van der Waals surface area contributed by atoms with Crippen LogP contribution in [0.15, 0.2) is 22.7 Å². The fourth-order valence-electron chi connectivity index (χ4n) is 2.32. The summed E-state index contributed by atoms with van der Waals surface area (Å²) in [5.74, 6) is 2.21. The van der Waals surface area contributed by atoms with Crippen molar-refractivity contribution in [2.24, 2.45) is 5.92 Å². The van der Waals surface area contributed by atoms with Crippen molar-refractivity contribution in [3.8, 4) is 17.2 Å². The Bertz CT molecular complexity index is 622. The Kier molecular flexibility index (Phi) is 3.79. The van der Waals surface area contributed by atoms with Crippen molar-refractivity contribution in [2.45, 2.75) is 25.9 Å². The average Bonchev–Trinajstić information content (AvgIpc) is 3.22. The van der Waals surface area contributed by atoms with Crippen LogP contribution in [0.2, 0.25) is 0 Å². The van der Waals surface area contributed by atoms with Gasteiger partial charge in [-0.3, -0.25) is 0 Å². The quantitative estimate of drug-likeness (QED) is 0.823. The van der Waals surface area contributed by atoms with Gasteiger partial charge in [0.05, 0.1) is 12.7 Å². The van der Waals surface area contributed by atoms with Crippen LogP contribution in [0.1, 0.15) is 31.7 Å². The van der Waals surface area contributed by atoms with E-state index in [9.17, 15) is 0 Å². The van der Waals surface area contributed by atoms with E-state index in [0.717, 1.165) is 12.8 Å². The van der Waals surface area contributed by atoms with Crippen LogP contribution in [0.5, 0.6) is 5.75 Å². The first-order valence-corrected chi connectivity index (χ1v) is 7.12. The predicted octanol–water partition coefficient (Wildman–Crippen LogP) is 2.82. The highest BCUT2D eigenvalue weighted by Gasteiger charge is 2.36. The van der Waals surface area contributed by atoms with Crippen molar-refractivity contribution in [3.05, 3.63) is 24.0 Å². The number of methoxy groups -OCH3 is 1. The first kappa shape index (κ1) is 13.9. The lowest BCUT2D eigenvalue weighted by Crippen LogP contribution is -2.08. The summed E-state index contributed by atoms with van der Waals surface area (Å²) >= 11 is 0. The molecule has 1 atom stereocenters. The molecule has 0 bridgehead atoms. The van der Waals surface area contributed by atoms with Crippen molar-refractivity contribution < 1.29 is 14.0 Å². The van der Waals surface area contributed by atoms with Gasteiger partial charge in [-0.2, -0.15) is 4.98 Å². The van der Waals surface area contributed by atoms with Gasteiger partial charge in [-0.15, -0.1) is 0 Å². The fourth-order valence-corrected chi connectivity index (χ4v) is 2.32. The molecule has 2 N–H and O–H groups in total. The Morgan fingerprint density at radius 3 is 2.86 bits per heavy atom. The largest absolute Gasteiger partial charge is 0.497 e. The maximum absolute atomic E-state index is 6.01. The van der Waals surface area contributed by atoms with Gasteiger partial charge in [-0.05, 0) is 37.8 Å². The standard InChI is InChI=1S/C15H19N3O3/c1-3-20-13(9-4-5-9)14-17-15(21-18-14)11-7-6-10(19-2)8-12(11)16/h6-9,13H,3-5,16H2,1-2H3. The molecule has 0 aliphatic heterocycles. The van der Waals surface area contributed by atoms with E-state index in [-0.39, 0.29) is 6.10 Å². The van der Waals surface area contributed by atoms with Crippen LogP contribution in [0.4, 0.5) is 5.69 Å². The molecular formula is C15H19N3O3. The highest BCUT2D eigenvalue weighted by molar-refractivity contribution is 5.71. The second-order valence-corrected chi connectivity index (χ2v) is 5.12. The summed E-state index contributed by atoms with van der Waals surface area (Å²) in [4.78, 5) is 4.45. The minimum Gasteiger partial charge on any atom is -0.497 e. The van der Waals surface area contributed by atoms with Crippen LogP contribution in [0.25, 0.3) is 11.5 Å². The van der Waals surface area contributed by atoms with Crippen molar-refractivity contribution >= 4 is 5.69 Å². The number of anilines is 1. The zero-order valence-corrected chi connectivity index (χ0v) is 12.2. The maximum Gasteiger partial charge on any atom is 0.260 e. The summed E-state index contributed by atoms with van der Waals surface area (Å²) in [5, 5.41) is 4.06. The molecule has 1 aromatic heterocycles. The lowest BCUT2D eigenvalue weighted by molar-refractivity contribution is 0.0385. The van der Waals surface area contributed by atoms with E-state index >= 15 is 0 Å². The average molecular weight is 289 g/mol. The molecule has 21 heavy (non-hydrogen) atoms. The Labute approximate surface area is 123 Å². The maximum atomic E-state index is 6.01. The molecule has 2 aromatic rings. The zero-order chi connectivity index (χ0) is 14.8. The molecule has 0 amide bonds. The highest BCUT2D eigenvalue weighted by Crippen LogP contribution is 2.42. The van der Waals surface area contributed by atoms with E-state index in [1.807, 2.05) is 19.1 Å². The molecule has 112 valence electrons. The Morgan fingerprint density at radius 1 is 1.43 bits per heavy atom. The summed E-state index contributed by atoms with van der Waals surface area (Å²) in [5.41, 5.74) is 7.26. The Morgan fingerprint density at radius 2 is 2.24 bits per heavy atom.